The Morgan fingerprint density at radius 3 is 2.83 bits per heavy atom. The van der Waals surface area contributed by atoms with E-state index in [2.05, 4.69) is 39.3 Å². The molecule has 2 aliphatic rings. The second-order valence-corrected chi connectivity index (χ2v) is 9.87. The number of ether oxygens (including phenoxy) is 1. The van der Waals surface area contributed by atoms with E-state index in [1.807, 2.05) is 38.1 Å². The Balaban J connectivity index is 1.50. The van der Waals surface area contributed by atoms with Gasteiger partial charge in [-0.05, 0) is 55.3 Å². The molecule has 0 unspecified atom stereocenters. The molecule has 0 fully saturated rings. The molecule has 3 heterocycles. The molecule has 8 heteroatoms. The molecule has 2 aliphatic heterocycles. The van der Waals surface area contributed by atoms with Gasteiger partial charge in [0.1, 0.15) is 11.6 Å². The third-order valence-corrected chi connectivity index (χ3v) is 7.07. The summed E-state index contributed by atoms with van der Waals surface area (Å²) >= 11 is 0. The third kappa shape index (κ3) is 4.30. The van der Waals surface area contributed by atoms with Gasteiger partial charge in [-0.15, -0.1) is 0 Å². The first-order chi connectivity index (χ1) is 16.8. The molecule has 1 atom stereocenters. The van der Waals surface area contributed by atoms with Crippen LogP contribution in [0.1, 0.15) is 35.6 Å². The number of carboxylic acid groups (broad SMARTS) is 1. The van der Waals surface area contributed by atoms with E-state index in [-0.39, 0.29) is 6.42 Å². The number of para-hydroxylation sites is 1. The van der Waals surface area contributed by atoms with E-state index in [1.165, 1.54) is 11.1 Å². The second kappa shape index (κ2) is 8.85. The molecule has 0 spiro atoms. The van der Waals surface area contributed by atoms with Crippen LogP contribution < -0.4 is 15.0 Å². The van der Waals surface area contributed by atoms with Crippen LogP contribution in [-0.2, 0) is 23.2 Å². The highest BCUT2D eigenvalue weighted by Gasteiger charge is 2.41. The Kier molecular flexibility index (Phi) is 5.84. The number of anilines is 4. The van der Waals surface area contributed by atoms with Gasteiger partial charge in [-0.1, -0.05) is 25.1 Å². The monoisotopic (exact) mass is 473 g/mol. The van der Waals surface area contributed by atoms with Gasteiger partial charge >= 0.3 is 5.97 Å². The fourth-order valence-corrected chi connectivity index (χ4v) is 5.29. The predicted molar refractivity (Wildman–Crippen MR) is 136 cm³/mol. The molecule has 0 bridgehead atoms. The number of nitrogens with one attached hydrogen (secondary N) is 1. The maximum absolute atomic E-state index is 11.7. The van der Waals surface area contributed by atoms with E-state index in [0.29, 0.717) is 12.5 Å². The Labute approximate surface area is 205 Å². The van der Waals surface area contributed by atoms with Gasteiger partial charge < -0.3 is 25.0 Å². The molecule has 0 saturated heterocycles. The molecule has 2 aromatic carbocycles. The van der Waals surface area contributed by atoms with Crippen molar-refractivity contribution < 1.29 is 14.6 Å². The van der Waals surface area contributed by atoms with Gasteiger partial charge in [-0.2, -0.15) is 4.98 Å². The summed E-state index contributed by atoms with van der Waals surface area (Å²) in [5, 5.41) is 12.9. The van der Waals surface area contributed by atoms with Gasteiger partial charge in [0.15, 0.2) is 0 Å². The average Bonchev–Trinajstić information content (AvgIpc) is 3.11. The summed E-state index contributed by atoms with van der Waals surface area (Å²) in [6, 6.07) is 12.2. The molecule has 35 heavy (non-hydrogen) atoms. The molecular formula is C27H31N5O3. The maximum atomic E-state index is 11.7. The van der Waals surface area contributed by atoms with Crippen LogP contribution >= 0.6 is 0 Å². The fourth-order valence-electron chi connectivity index (χ4n) is 5.29. The predicted octanol–water partition coefficient (Wildman–Crippen LogP) is 4.41. The van der Waals surface area contributed by atoms with Crippen molar-refractivity contribution in [2.75, 3.05) is 37.5 Å². The number of fused-ring (bicyclic) bond motifs is 2. The molecule has 2 N–H and O–H groups in total. The summed E-state index contributed by atoms with van der Waals surface area (Å²) in [5.41, 5.74) is 5.82. The van der Waals surface area contributed by atoms with Crippen LogP contribution in [0.3, 0.4) is 0 Å². The molecule has 0 aliphatic carbocycles. The normalized spacial score (nSPS) is 19.3. The smallest absolute Gasteiger partial charge is 0.304 e. The van der Waals surface area contributed by atoms with Crippen molar-refractivity contribution in [3.05, 3.63) is 64.8 Å². The summed E-state index contributed by atoms with van der Waals surface area (Å²) in [6.45, 7) is 6.44. The summed E-state index contributed by atoms with van der Waals surface area (Å²) in [7, 11) is 3.80. The van der Waals surface area contributed by atoms with Gasteiger partial charge in [0.05, 0.1) is 19.2 Å². The van der Waals surface area contributed by atoms with E-state index in [9.17, 15) is 9.90 Å². The average molecular weight is 474 g/mol. The lowest BCUT2D eigenvalue weighted by Gasteiger charge is -2.27. The first-order valence-electron chi connectivity index (χ1n) is 11.9. The van der Waals surface area contributed by atoms with E-state index < -0.39 is 11.4 Å². The molecule has 3 aromatic rings. The van der Waals surface area contributed by atoms with Crippen molar-refractivity contribution in [1.82, 2.24) is 14.9 Å². The summed E-state index contributed by atoms with van der Waals surface area (Å²) in [6.07, 6.45) is 2.85. The molecular weight excluding hydrogens is 442 g/mol. The zero-order valence-electron chi connectivity index (χ0n) is 20.6. The van der Waals surface area contributed by atoms with E-state index >= 15 is 0 Å². The standard InChI is InChI=1S/C27H31N5O3/c1-17-14-28-26(29-21-11-19-15-31(3)10-9-18(19)12-23(21)35-4)30-25(17)32-16-27(2,13-24(33)34)20-7-5-6-8-22(20)32/h5-8,11-12,14H,9-10,13,15-16H2,1-4H3,(H,33,34)(H,28,29,30)/t27-/m0/s1. The van der Waals surface area contributed by atoms with Gasteiger partial charge in [-0.3, -0.25) is 4.79 Å². The van der Waals surface area contributed by atoms with Crippen molar-refractivity contribution in [2.24, 2.45) is 0 Å². The number of methoxy groups -OCH3 is 1. The lowest BCUT2D eigenvalue weighted by Crippen LogP contribution is -2.31. The van der Waals surface area contributed by atoms with Crippen LogP contribution in [0.2, 0.25) is 0 Å². The Morgan fingerprint density at radius 2 is 2.06 bits per heavy atom. The highest BCUT2D eigenvalue weighted by Crippen LogP contribution is 2.46. The van der Waals surface area contributed by atoms with Crippen LogP contribution in [0.15, 0.2) is 42.6 Å². The number of carboxylic acids is 1. The zero-order chi connectivity index (χ0) is 24.7. The molecule has 5 rings (SSSR count). The number of likely N-dealkylation sites (N-methyl/N-ethyl adjacent to an activating group) is 1. The molecule has 8 nitrogen and oxygen atoms in total. The summed E-state index contributed by atoms with van der Waals surface area (Å²) < 4.78 is 5.68. The van der Waals surface area contributed by atoms with Gasteiger partial charge in [0, 0.05) is 42.5 Å². The second-order valence-electron chi connectivity index (χ2n) is 9.87. The fraction of sp³-hybridized carbons (Fsp3) is 0.370. The first kappa shape index (κ1) is 23.1. The quantitative estimate of drug-likeness (QED) is 0.544. The molecule has 182 valence electrons. The van der Waals surface area contributed by atoms with Crippen molar-refractivity contribution in [3.8, 4) is 5.75 Å². The van der Waals surface area contributed by atoms with Crippen LogP contribution in [0.25, 0.3) is 0 Å². The number of aliphatic carboxylic acids is 1. The van der Waals surface area contributed by atoms with Crippen LogP contribution in [0, 0.1) is 6.92 Å². The highest BCUT2D eigenvalue weighted by molar-refractivity contribution is 5.77. The number of aromatic nitrogens is 2. The summed E-state index contributed by atoms with van der Waals surface area (Å²) in [5.74, 6) is 1.19. The Bertz CT molecular complexity index is 1290. The van der Waals surface area contributed by atoms with Gasteiger partial charge in [-0.25, -0.2) is 4.98 Å². The molecule has 0 radical (unpaired) electrons. The largest absolute Gasteiger partial charge is 0.495 e. The van der Waals surface area contributed by atoms with E-state index in [1.54, 1.807) is 13.3 Å². The Morgan fingerprint density at radius 1 is 1.26 bits per heavy atom. The van der Waals surface area contributed by atoms with Gasteiger partial charge in [0.2, 0.25) is 5.95 Å². The number of aryl methyl sites for hydroxylation is 1. The van der Waals surface area contributed by atoms with Crippen molar-refractivity contribution in [1.29, 1.82) is 0 Å². The van der Waals surface area contributed by atoms with E-state index in [4.69, 9.17) is 9.72 Å². The SMILES string of the molecule is COc1cc2c(cc1Nc1ncc(C)c(N3C[C@](C)(CC(=O)O)c4ccccc43)n1)CN(C)CC2. The lowest BCUT2D eigenvalue weighted by molar-refractivity contribution is -0.138. The lowest BCUT2D eigenvalue weighted by atomic mass is 9.81. The van der Waals surface area contributed by atoms with Crippen molar-refractivity contribution in [2.45, 2.75) is 38.6 Å². The van der Waals surface area contributed by atoms with Crippen LogP contribution in [0.4, 0.5) is 23.1 Å². The third-order valence-electron chi connectivity index (χ3n) is 7.07. The minimum absolute atomic E-state index is 0.0521. The minimum Gasteiger partial charge on any atom is -0.495 e. The highest BCUT2D eigenvalue weighted by atomic mass is 16.5. The van der Waals surface area contributed by atoms with Crippen molar-refractivity contribution >= 4 is 29.1 Å². The number of benzene rings is 2. The Hall–Kier alpha value is -3.65. The molecule has 0 saturated carbocycles. The topological polar surface area (TPSA) is 90.8 Å². The van der Waals surface area contributed by atoms with Crippen LogP contribution in [0.5, 0.6) is 5.75 Å². The number of carbonyl (C=O) groups is 1. The van der Waals surface area contributed by atoms with Crippen LogP contribution in [-0.4, -0.2) is 53.2 Å². The number of hydrogen-bond donors (Lipinski definition) is 2. The number of nitrogens with zero attached hydrogens (tertiary/aromatic N) is 4. The van der Waals surface area contributed by atoms with Crippen molar-refractivity contribution in [3.63, 3.8) is 0 Å². The number of rotatable bonds is 6. The zero-order valence-corrected chi connectivity index (χ0v) is 20.6. The molecule has 1 aromatic heterocycles. The molecule has 0 amide bonds. The van der Waals surface area contributed by atoms with Gasteiger partial charge in [0.25, 0.3) is 0 Å². The van der Waals surface area contributed by atoms with E-state index in [0.717, 1.165) is 53.6 Å². The number of hydrogen-bond acceptors (Lipinski definition) is 7. The summed E-state index contributed by atoms with van der Waals surface area (Å²) in [4.78, 5) is 25.5. The minimum atomic E-state index is -0.809. The maximum Gasteiger partial charge on any atom is 0.304 e. The first-order valence-corrected chi connectivity index (χ1v) is 11.9.